The zero-order valence-electron chi connectivity index (χ0n) is 9.83. The molecule has 0 N–H and O–H groups in total. The number of hydrogen-bond donors (Lipinski definition) is 0. The maximum absolute atomic E-state index is 6.00. The van der Waals surface area contributed by atoms with Crippen LogP contribution >= 0.6 is 23.2 Å². The van der Waals surface area contributed by atoms with Gasteiger partial charge in [0.15, 0.2) is 0 Å². The van der Waals surface area contributed by atoms with Gasteiger partial charge in [0.25, 0.3) is 0 Å². The largest absolute Gasteiger partial charge is 0.384 e. The zero-order chi connectivity index (χ0) is 12.3. The number of methoxy groups -OCH3 is 1. The van der Waals surface area contributed by atoms with Gasteiger partial charge >= 0.3 is 0 Å². The summed E-state index contributed by atoms with van der Waals surface area (Å²) in [6.07, 6.45) is 1.15. The quantitative estimate of drug-likeness (QED) is 0.790. The number of pyridine rings is 1. The number of ether oxygens (including phenoxy) is 1. The van der Waals surface area contributed by atoms with E-state index in [1.807, 2.05) is 12.1 Å². The number of rotatable bonds is 4. The summed E-state index contributed by atoms with van der Waals surface area (Å²) in [6, 6.07) is 3.82. The lowest BCUT2D eigenvalue weighted by atomic mass is 10.1. The number of alkyl halides is 1. The summed E-state index contributed by atoms with van der Waals surface area (Å²) in [4.78, 5) is 6.75. The Balaban J connectivity index is 2.08. The van der Waals surface area contributed by atoms with E-state index in [9.17, 15) is 0 Å². The SMILES string of the molecule is COCC1CCN(c2ccc(Cl)c(CCl)n2)C1. The van der Waals surface area contributed by atoms with E-state index in [1.165, 1.54) is 0 Å². The van der Waals surface area contributed by atoms with Crippen molar-refractivity contribution in [2.45, 2.75) is 12.3 Å². The van der Waals surface area contributed by atoms with E-state index in [1.54, 1.807) is 7.11 Å². The van der Waals surface area contributed by atoms with Crippen molar-refractivity contribution in [2.75, 3.05) is 31.7 Å². The van der Waals surface area contributed by atoms with Gasteiger partial charge in [0, 0.05) is 26.1 Å². The van der Waals surface area contributed by atoms with Crippen molar-refractivity contribution in [1.29, 1.82) is 0 Å². The molecule has 3 nitrogen and oxygen atoms in total. The second-order valence-electron chi connectivity index (χ2n) is 4.29. The maximum atomic E-state index is 6.00. The monoisotopic (exact) mass is 274 g/mol. The lowest BCUT2D eigenvalue weighted by Crippen LogP contribution is -2.22. The molecule has 94 valence electrons. The van der Waals surface area contributed by atoms with Crippen LogP contribution in [0, 0.1) is 5.92 Å². The fourth-order valence-electron chi connectivity index (χ4n) is 2.16. The van der Waals surface area contributed by atoms with Crippen molar-refractivity contribution in [3.8, 4) is 0 Å². The van der Waals surface area contributed by atoms with Crippen LogP contribution in [-0.4, -0.2) is 31.8 Å². The molecule has 0 aliphatic carbocycles. The number of halogens is 2. The molecule has 1 saturated heterocycles. The molecular formula is C12H16Cl2N2O. The maximum Gasteiger partial charge on any atom is 0.128 e. The summed E-state index contributed by atoms with van der Waals surface area (Å²) in [7, 11) is 1.74. The van der Waals surface area contributed by atoms with Gasteiger partial charge in [-0.25, -0.2) is 4.98 Å². The van der Waals surface area contributed by atoms with Crippen LogP contribution in [0.1, 0.15) is 12.1 Å². The van der Waals surface area contributed by atoms with E-state index in [0.717, 1.165) is 37.6 Å². The number of hydrogen-bond acceptors (Lipinski definition) is 3. The average Bonchev–Trinajstić information content (AvgIpc) is 2.79. The van der Waals surface area contributed by atoms with E-state index < -0.39 is 0 Å². The Bertz CT molecular complexity index is 387. The van der Waals surface area contributed by atoms with E-state index >= 15 is 0 Å². The Morgan fingerprint density at radius 1 is 1.53 bits per heavy atom. The fraction of sp³-hybridized carbons (Fsp3) is 0.583. The average molecular weight is 275 g/mol. The first-order chi connectivity index (χ1) is 8.24. The molecule has 1 atom stereocenters. The summed E-state index contributed by atoms with van der Waals surface area (Å²) in [6.45, 7) is 2.82. The topological polar surface area (TPSA) is 25.4 Å². The fourth-order valence-corrected chi connectivity index (χ4v) is 2.60. The molecular weight excluding hydrogens is 259 g/mol. The molecule has 0 aromatic carbocycles. The number of nitrogens with zero attached hydrogens (tertiary/aromatic N) is 2. The third kappa shape index (κ3) is 3.03. The van der Waals surface area contributed by atoms with Crippen molar-refractivity contribution in [1.82, 2.24) is 4.98 Å². The van der Waals surface area contributed by atoms with Crippen molar-refractivity contribution in [3.05, 3.63) is 22.8 Å². The minimum Gasteiger partial charge on any atom is -0.384 e. The van der Waals surface area contributed by atoms with Gasteiger partial charge in [-0.3, -0.25) is 0 Å². The predicted octanol–water partition coefficient (Wildman–Crippen LogP) is 2.95. The van der Waals surface area contributed by atoms with Gasteiger partial charge in [-0.1, -0.05) is 11.6 Å². The molecule has 1 aliphatic heterocycles. The highest BCUT2D eigenvalue weighted by Crippen LogP contribution is 2.25. The van der Waals surface area contributed by atoms with E-state index in [4.69, 9.17) is 27.9 Å². The first-order valence-corrected chi connectivity index (χ1v) is 6.61. The highest BCUT2D eigenvalue weighted by Gasteiger charge is 2.23. The molecule has 17 heavy (non-hydrogen) atoms. The summed E-state index contributed by atoms with van der Waals surface area (Å²) in [5, 5.41) is 0.636. The third-order valence-corrected chi connectivity index (χ3v) is 3.64. The molecule has 1 fully saturated rings. The van der Waals surface area contributed by atoms with Crippen LogP contribution in [0.15, 0.2) is 12.1 Å². The van der Waals surface area contributed by atoms with Crippen LogP contribution in [0.4, 0.5) is 5.82 Å². The minimum atomic E-state index is 0.349. The molecule has 2 heterocycles. The second-order valence-corrected chi connectivity index (χ2v) is 4.96. The smallest absolute Gasteiger partial charge is 0.128 e. The van der Waals surface area contributed by atoms with Gasteiger partial charge < -0.3 is 9.64 Å². The molecule has 5 heteroatoms. The number of anilines is 1. The molecule has 1 aliphatic rings. The molecule has 0 bridgehead atoms. The Kier molecular flexibility index (Phi) is 4.48. The normalized spacial score (nSPS) is 19.9. The van der Waals surface area contributed by atoms with Crippen molar-refractivity contribution >= 4 is 29.0 Å². The molecule has 0 saturated carbocycles. The highest BCUT2D eigenvalue weighted by molar-refractivity contribution is 6.32. The standard InChI is InChI=1S/C12H16Cl2N2O/c1-17-8-9-4-5-16(7-9)12-3-2-10(14)11(6-13)15-12/h2-3,9H,4-8H2,1H3. The Hall–Kier alpha value is -0.510. The van der Waals surface area contributed by atoms with E-state index in [-0.39, 0.29) is 0 Å². The van der Waals surface area contributed by atoms with Gasteiger partial charge in [-0.05, 0) is 18.6 Å². The van der Waals surface area contributed by atoms with Gasteiger partial charge in [-0.2, -0.15) is 0 Å². The van der Waals surface area contributed by atoms with E-state index in [0.29, 0.717) is 16.8 Å². The lowest BCUT2D eigenvalue weighted by molar-refractivity contribution is 0.161. The Labute approximate surface area is 112 Å². The molecule has 0 radical (unpaired) electrons. The third-order valence-electron chi connectivity index (χ3n) is 3.04. The predicted molar refractivity (Wildman–Crippen MR) is 71.0 cm³/mol. The van der Waals surface area contributed by atoms with Crippen molar-refractivity contribution in [3.63, 3.8) is 0 Å². The van der Waals surface area contributed by atoms with Crippen LogP contribution in [0.2, 0.25) is 5.02 Å². The van der Waals surface area contributed by atoms with Crippen LogP contribution in [0.3, 0.4) is 0 Å². The van der Waals surface area contributed by atoms with Crippen molar-refractivity contribution in [2.24, 2.45) is 5.92 Å². The molecule has 0 spiro atoms. The summed E-state index contributed by atoms with van der Waals surface area (Å²) in [5.74, 6) is 1.91. The summed E-state index contributed by atoms with van der Waals surface area (Å²) >= 11 is 11.8. The Morgan fingerprint density at radius 2 is 2.35 bits per heavy atom. The van der Waals surface area contributed by atoms with Gasteiger partial charge in [0.2, 0.25) is 0 Å². The van der Waals surface area contributed by atoms with Crippen LogP contribution < -0.4 is 4.90 Å². The first-order valence-electron chi connectivity index (χ1n) is 5.70. The lowest BCUT2D eigenvalue weighted by Gasteiger charge is -2.18. The minimum absolute atomic E-state index is 0.349. The highest BCUT2D eigenvalue weighted by atomic mass is 35.5. The molecule has 0 amide bonds. The van der Waals surface area contributed by atoms with Gasteiger partial charge in [-0.15, -0.1) is 11.6 Å². The van der Waals surface area contributed by atoms with Crippen LogP contribution in [-0.2, 0) is 10.6 Å². The zero-order valence-corrected chi connectivity index (χ0v) is 11.3. The molecule has 1 unspecified atom stereocenters. The van der Waals surface area contributed by atoms with Gasteiger partial charge in [0.05, 0.1) is 23.2 Å². The Morgan fingerprint density at radius 3 is 3.06 bits per heavy atom. The summed E-state index contributed by atoms with van der Waals surface area (Å²) in [5.41, 5.74) is 0.751. The van der Waals surface area contributed by atoms with Gasteiger partial charge in [0.1, 0.15) is 5.82 Å². The molecule has 1 aromatic rings. The number of aromatic nitrogens is 1. The van der Waals surface area contributed by atoms with E-state index in [2.05, 4.69) is 9.88 Å². The van der Waals surface area contributed by atoms with Crippen molar-refractivity contribution < 1.29 is 4.74 Å². The summed E-state index contributed by atoms with van der Waals surface area (Å²) < 4.78 is 5.18. The molecule has 2 rings (SSSR count). The van der Waals surface area contributed by atoms with Crippen LogP contribution in [0.25, 0.3) is 0 Å². The van der Waals surface area contributed by atoms with Crippen LogP contribution in [0.5, 0.6) is 0 Å². The first kappa shape index (κ1) is 12.9. The molecule has 1 aromatic heterocycles. The second kappa shape index (κ2) is 5.89.